The third kappa shape index (κ3) is 3.84. The molecule has 1 fully saturated rings. The summed E-state index contributed by atoms with van der Waals surface area (Å²) in [6.07, 6.45) is 3.25. The molecule has 3 rings (SSSR count). The van der Waals surface area contributed by atoms with Crippen LogP contribution < -0.4 is 4.72 Å². The molecular formula is C14H19ClN4O3S. The Bertz CT molecular complexity index is 797. The summed E-state index contributed by atoms with van der Waals surface area (Å²) in [5.74, 6) is 0. The topological polar surface area (TPSA) is 75.9 Å². The van der Waals surface area contributed by atoms with Crippen molar-refractivity contribution >= 4 is 27.5 Å². The van der Waals surface area contributed by atoms with Crippen LogP contribution in [-0.2, 0) is 21.5 Å². The Morgan fingerprint density at radius 3 is 2.70 bits per heavy atom. The van der Waals surface area contributed by atoms with Crippen molar-refractivity contribution in [3.8, 4) is 0 Å². The Morgan fingerprint density at radius 2 is 2.00 bits per heavy atom. The number of hydrogen-bond acceptors (Lipinski definition) is 4. The van der Waals surface area contributed by atoms with Crippen LogP contribution in [0.1, 0.15) is 19.5 Å². The molecule has 0 aromatic carbocycles. The van der Waals surface area contributed by atoms with E-state index in [0.717, 1.165) is 5.65 Å². The molecule has 0 radical (unpaired) electrons. The average molecular weight is 359 g/mol. The van der Waals surface area contributed by atoms with E-state index >= 15 is 0 Å². The van der Waals surface area contributed by atoms with Crippen molar-refractivity contribution in [3.63, 3.8) is 0 Å². The van der Waals surface area contributed by atoms with Crippen molar-refractivity contribution in [2.75, 3.05) is 13.1 Å². The molecule has 0 bridgehead atoms. The van der Waals surface area contributed by atoms with Crippen LogP contribution >= 0.6 is 11.6 Å². The van der Waals surface area contributed by atoms with Gasteiger partial charge in [-0.2, -0.15) is 17.4 Å². The third-order valence-corrected chi connectivity index (χ3v) is 5.34. The van der Waals surface area contributed by atoms with Gasteiger partial charge >= 0.3 is 0 Å². The van der Waals surface area contributed by atoms with E-state index in [4.69, 9.17) is 16.3 Å². The van der Waals surface area contributed by atoms with Crippen molar-refractivity contribution in [2.24, 2.45) is 0 Å². The number of fused-ring (bicyclic) bond motifs is 1. The van der Waals surface area contributed by atoms with Gasteiger partial charge in [-0.1, -0.05) is 11.6 Å². The van der Waals surface area contributed by atoms with Gasteiger partial charge in [0.25, 0.3) is 10.2 Å². The SMILES string of the molecule is CC1CN(S(=O)(=O)NCc2cn3cc(Cl)ccc3n2)CC(C)O1. The van der Waals surface area contributed by atoms with E-state index in [2.05, 4.69) is 9.71 Å². The van der Waals surface area contributed by atoms with E-state index in [9.17, 15) is 8.42 Å². The first-order valence-electron chi connectivity index (χ1n) is 7.37. The fourth-order valence-electron chi connectivity index (χ4n) is 2.69. The Balaban J connectivity index is 1.70. The van der Waals surface area contributed by atoms with Gasteiger partial charge in [-0.05, 0) is 26.0 Å². The summed E-state index contributed by atoms with van der Waals surface area (Å²) in [7, 11) is -3.56. The lowest BCUT2D eigenvalue weighted by Gasteiger charge is -2.34. The first kappa shape index (κ1) is 16.7. The largest absolute Gasteiger partial charge is 0.373 e. The minimum absolute atomic E-state index is 0.118. The molecule has 2 atom stereocenters. The van der Waals surface area contributed by atoms with Gasteiger partial charge < -0.3 is 9.14 Å². The number of hydrogen-bond donors (Lipinski definition) is 1. The van der Waals surface area contributed by atoms with Crippen LogP contribution in [0.2, 0.25) is 5.02 Å². The van der Waals surface area contributed by atoms with Gasteiger partial charge in [0, 0.05) is 25.5 Å². The normalized spacial score (nSPS) is 23.4. The number of halogens is 1. The molecule has 1 N–H and O–H groups in total. The Hall–Kier alpha value is -1.19. The highest BCUT2D eigenvalue weighted by Gasteiger charge is 2.30. The molecule has 3 heterocycles. The van der Waals surface area contributed by atoms with Crippen LogP contribution in [0.25, 0.3) is 5.65 Å². The van der Waals surface area contributed by atoms with Crippen LogP contribution in [0.3, 0.4) is 0 Å². The number of morpholine rings is 1. The average Bonchev–Trinajstić information content (AvgIpc) is 2.86. The molecule has 0 spiro atoms. The molecule has 2 aromatic rings. The monoisotopic (exact) mass is 358 g/mol. The van der Waals surface area contributed by atoms with Gasteiger partial charge in [0.15, 0.2) is 0 Å². The zero-order valence-corrected chi connectivity index (χ0v) is 14.5. The van der Waals surface area contributed by atoms with Crippen LogP contribution in [0.5, 0.6) is 0 Å². The van der Waals surface area contributed by atoms with Crippen LogP contribution in [0.4, 0.5) is 0 Å². The Kier molecular flexibility index (Phi) is 4.61. The molecular weight excluding hydrogens is 340 g/mol. The smallest absolute Gasteiger partial charge is 0.279 e. The maximum Gasteiger partial charge on any atom is 0.279 e. The quantitative estimate of drug-likeness (QED) is 0.897. The molecule has 2 aromatic heterocycles. The molecule has 9 heteroatoms. The summed E-state index contributed by atoms with van der Waals surface area (Å²) in [5.41, 5.74) is 1.35. The van der Waals surface area contributed by atoms with Crippen molar-refractivity contribution < 1.29 is 13.2 Å². The predicted octanol–water partition coefficient (Wildman–Crippen LogP) is 1.43. The van der Waals surface area contributed by atoms with Crippen LogP contribution in [0, 0.1) is 0 Å². The van der Waals surface area contributed by atoms with Crippen LogP contribution in [0.15, 0.2) is 24.5 Å². The zero-order valence-electron chi connectivity index (χ0n) is 12.9. The number of pyridine rings is 1. The minimum atomic E-state index is -3.56. The lowest BCUT2D eigenvalue weighted by molar-refractivity contribution is -0.0444. The lowest BCUT2D eigenvalue weighted by Crippen LogP contribution is -2.51. The summed E-state index contributed by atoms with van der Waals surface area (Å²) in [5, 5.41) is 0.596. The number of rotatable bonds is 4. The summed E-state index contributed by atoms with van der Waals surface area (Å²) >= 11 is 5.93. The van der Waals surface area contributed by atoms with Crippen molar-refractivity contribution in [1.82, 2.24) is 18.4 Å². The lowest BCUT2D eigenvalue weighted by atomic mass is 10.3. The van der Waals surface area contributed by atoms with E-state index < -0.39 is 10.2 Å². The summed E-state index contributed by atoms with van der Waals surface area (Å²) < 4.78 is 36.2. The van der Waals surface area contributed by atoms with Gasteiger partial charge in [0.2, 0.25) is 0 Å². The minimum Gasteiger partial charge on any atom is -0.373 e. The molecule has 7 nitrogen and oxygen atoms in total. The Morgan fingerprint density at radius 1 is 1.30 bits per heavy atom. The fourth-order valence-corrected chi connectivity index (χ4v) is 4.18. The molecule has 23 heavy (non-hydrogen) atoms. The second-order valence-electron chi connectivity index (χ2n) is 5.75. The van der Waals surface area contributed by atoms with Gasteiger partial charge in [-0.3, -0.25) is 0 Å². The maximum absolute atomic E-state index is 12.4. The van der Waals surface area contributed by atoms with Gasteiger partial charge in [-0.25, -0.2) is 4.98 Å². The third-order valence-electron chi connectivity index (χ3n) is 3.63. The number of nitrogens with one attached hydrogen (secondary N) is 1. The molecule has 1 aliphatic rings. The Labute approximate surface area is 140 Å². The van der Waals surface area contributed by atoms with Crippen LogP contribution in [-0.4, -0.2) is 47.4 Å². The number of nitrogens with zero attached hydrogens (tertiary/aromatic N) is 3. The van der Waals surface area contributed by atoms with Crippen molar-refractivity contribution in [2.45, 2.75) is 32.6 Å². The summed E-state index contributed by atoms with van der Waals surface area (Å²) in [6, 6.07) is 3.53. The first-order valence-corrected chi connectivity index (χ1v) is 9.18. The summed E-state index contributed by atoms with van der Waals surface area (Å²) in [6.45, 7) is 4.55. The highest BCUT2D eigenvalue weighted by Crippen LogP contribution is 2.15. The standard InChI is InChI=1S/C14H19ClN4O3S/c1-10-6-19(7-11(2)22-10)23(20,21)16-5-13-9-18-8-12(15)3-4-14(18)17-13/h3-4,8-11,16H,5-7H2,1-2H3. The predicted molar refractivity (Wildman–Crippen MR) is 87.5 cm³/mol. The number of ether oxygens (including phenoxy) is 1. The van der Waals surface area contributed by atoms with E-state index in [1.54, 1.807) is 28.9 Å². The zero-order chi connectivity index (χ0) is 16.6. The molecule has 0 saturated carbocycles. The van der Waals surface area contributed by atoms with E-state index in [1.165, 1.54) is 4.31 Å². The maximum atomic E-state index is 12.4. The molecule has 126 valence electrons. The molecule has 0 aliphatic carbocycles. The van der Waals surface area contributed by atoms with Crippen molar-refractivity contribution in [1.29, 1.82) is 0 Å². The van der Waals surface area contributed by atoms with E-state index in [-0.39, 0.29) is 18.8 Å². The number of imidazole rings is 1. The van der Waals surface area contributed by atoms with E-state index in [0.29, 0.717) is 23.8 Å². The molecule has 1 saturated heterocycles. The van der Waals surface area contributed by atoms with Gasteiger partial charge in [0.1, 0.15) is 5.65 Å². The molecule has 1 aliphatic heterocycles. The highest BCUT2D eigenvalue weighted by molar-refractivity contribution is 7.87. The molecule has 2 unspecified atom stereocenters. The first-order chi connectivity index (χ1) is 10.8. The van der Waals surface area contributed by atoms with E-state index in [1.807, 2.05) is 13.8 Å². The second-order valence-corrected chi connectivity index (χ2v) is 7.94. The number of aromatic nitrogens is 2. The fraction of sp³-hybridized carbons (Fsp3) is 0.500. The highest BCUT2D eigenvalue weighted by atomic mass is 35.5. The molecule has 0 amide bonds. The van der Waals surface area contributed by atoms with Gasteiger partial charge in [-0.15, -0.1) is 0 Å². The summed E-state index contributed by atoms with van der Waals surface area (Å²) in [4.78, 5) is 4.37. The van der Waals surface area contributed by atoms with Gasteiger partial charge in [0.05, 0.1) is 29.5 Å². The second kappa shape index (κ2) is 6.37. The van der Waals surface area contributed by atoms with Crippen molar-refractivity contribution in [3.05, 3.63) is 35.2 Å².